The van der Waals surface area contributed by atoms with E-state index in [1.54, 1.807) is 28.0 Å². The molecule has 1 aromatic heterocycles. The lowest BCUT2D eigenvalue weighted by Crippen LogP contribution is -2.54. The third-order valence-electron chi connectivity index (χ3n) is 9.61. The zero-order valence-corrected chi connectivity index (χ0v) is 23.4. The van der Waals surface area contributed by atoms with Crippen molar-refractivity contribution in [2.24, 2.45) is 23.7 Å². The van der Waals surface area contributed by atoms with Crippen LogP contribution < -0.4 is 5.32 Å². The average Bonchev–Trinajstić information content (AvgIpc) is 3.49. The summed E-state index contributed by atoms with van der Waals surface area (Å²) in [5.41, 5.74) is 2.76. The summed E-state index contributed by atoms with van der Waals surface area (Å²) in [4.78, 5) is 46.3. The van der Waals surface area contributed by atoms with E-state index in [0.29, 0.717) is 31.0 Å². The molecule has 1 saturated heterocycles. The van der Waals surface area contributed by atoms with Crippen LogP contribution >= 0.6 is 23.1 Å². The van der Waals surface area contributed by atoms with Crippen molar-refractivity contribution in [1.82, 2.24) is 20.1 Å². The second-order valence-corrected chi connectivity index (χ2v) is 13.9. The number of nitrogens with zero attached hydrogens (tertiary/aromatic N) is 3. The topological polar surface area (TPSA) is 82.6 Å². The molecule has 3 heterocycles. The number of likely N-dealkylation sites (tertiary alicyclic amines) is 1. The second-order valence-electron chi connectivity index (χ2n) is 12.0. The Hall–Kier alpha value is -2.23. The maximum atomic E-state index is 13.0. The minimum Gasteiger partial charge on any atom is -0.322 e. The molecule has 1 aromatic carbocycles. The van der Waals surface area contributed by atoms with E-state index in [4.69, 9.17) is 4.98 Å². The number of piperidine rings is 1. The van der Waals surface area contributed by atoms with Crippen LogP contribution in [0.15, 0.2) is 28.5 Å². The van der Waals surface area contributed by atoms with Crippen molar-refractivity contribution >= 4 is 40.8 Å². The van der Waals surface area contributed by atoms with E-state index in [-0.39, 0.29) is 17.7 Å². The minimum absolute atomic E-state index is 0.117. The molecule has 0 radical (unpaired) electrons. The predicted molar refractivity (Wildman–Crippen MR) is 146 cm³/mol. The van der Waals surface area contributed by atoms with Crippen molar-refractivity contribution in [2.75, 3.05) is 7.05 Å². The number of hydrogen-bond acceptors (Lipinski definition) is 7. The van der Waals surface area contributed by atoms with Crippen molar-refractivity contribution in [3.8, 4) is 0 Å². The average molecular weight is 551 g/mol. The molecule has 4 bridgehead atoms. The number of nitrogens with one attached hydrogen (secondary N) is 1. The van der Waals surface area contributed by atoms with Gasteiger partial charge in [0.25, 0.3) is 11.8 Å². The molecule has 3 amide bonds. The largest absolute Gasteiger partial charge is 0.322 e. The van der Waals surface area contributed by atoms with E-state index in [1.807, 2.05) is 12.1 Å². The summed E-state index contributed by atoms with van der Waals surface area (Å²) >= 11 is 3.46. The van der Waals surface area contributed by atoms with Gasteiger partial charge in [-0.3, -0.25) is 19.3 Å². The van der Waals surface area contributed by atoms with Gasteiger partial charge in [-0.15, -0.1) is 23.1 Å². The van der Waals surface area contributed by atoms with Gasteiger partial charge in [-0.25, -0.2) is 4.98 Å². The summed E-state index contributed by atoms with van der Waals surface area (Å²) in [7, 11) is 1.50. The molecule has 1 unspecified atom stereocenters. The number of carbonyl (C=O) groups excluding carboxylic acids is 3. The van der Waals surface area contributed by atoms with E-state index >= 15 is 0 Å². The van der Waals surface area contributed by atoms with E-state index in [0.717, 1.165) is 62.0 Å². The number of benzene rings is 1. The van der Waals surface area contributed by atoms with Gasteiger partial charge in [0, 0.05) is 48.4 Å². The van der Waals surface area contributed by atoms with Gasteiger partial charge in [0.1, 0.15) is 11.0 Å². The molecule has 7 nitrogen and oxygen atoms in total. The number of rotatable bonds is 7. The molecule has 9 heteroatoms. The first-order valence-electron chi connectivity index (χ1n) is 14.0. The molecule has 200 valence electrons. The number of imide groups is 1. The van der Waals surface area contributed by atoms with Gasteiger partial charge < -0.3 is 10.2 Å². The highest BCUT2D eigenvalue weighted by atomic mass is 32.2. The highest BCUT2D eigenvalue weighted by Gasteiger charge is 2.48. The van der Waals surface area contributed by atoms with Crippen molar-refractivity contribution in [3.05, 3.63) is 45.4 Å². The van der Waals surface area contributed by atoms with Gasteiger partial charge in [-0.05, 0) is 86.0 Å². The third kappa shape index (κ3) is 4.40. The van der Waals surface area contributed by atoms with E-state index in [1.165, 1.54) is 39.2 Å². The number of thiazole rings is 1. The van der Waals surface area contributed by atoms with Crippen LogP contribution in [0, 0.1) is 23.7 Å². The van der Waals surface area contributed by atoms with Gasteiger partial charge in [0.05, 0.1) is 11.4 Å². The molecule has 8 rings (SSSR count). The summed E-state index contributed by atoms with van der Waals surface area (Å²) in [6.45, 7) is 1.28. The van der Waals surface area contributed by atoms with Crippen molar-refractivity contribution in [1.29, 1.82) is 0 Å². The maximum Gasteiger partial charge on any atom is 0.255 e. The smallest absolute Gasteiger partial charge is 0.255 e. The van der Waals surface area contributed by atoms with Crippen LogP contribution in [0.3, 0.4) is 0 Å². The Kier molecular flexibility index (Phi) is 6.36. The number of carbonyl (C=O) groups is 3. The Balaban J connectivity index is 0.944. The summed E-state index contributed by atoms with van der Waals surface area (Å²) in [6.07, 6.45) is 7.91. The van der Waals surface area contributed by atoms with Gasteiger partial charge in [-0.1, -0.05) is 0 Å². The van der Waals surface area contributed by atoms with Gasteiger partial charge >= 0.3 is 0 Å². The van der Waals surface area contributed by atoms with Crippen LogP contribution in [-0.2, 0) is 28.4 Å². The Bertz CT molecular complexity index is 1260. The Morgan fingerprint density at radius 1 is 1.08 bits per heavy atom. The molecule has 1 N–H and O–H groups in total. The zero-order chi connectivity index (χ0) is 26.0. The summed E-state index contributed by atoms with van der Waals surface area (Å²) < 4.78 is 0. The van der Waals surface area contributed by atoms with Crippen LogP contribution in [0.25, 0.3) is 0 Å². The molecule has 1 atom stereocenters. The molecule has 6 aliphatic rings. The number of thioether (sulfide) groups is 1. The number of hydrogen-bond donors (Lipinski definition) is 1. The van der Waals surface area contributed by atoms with E-state index in [9.17, 15) is 14.4 Å². The number of fused-ring (bicyclic) bond motifs is 1. The maximum absolute atomic E-state index is 13.0. The van der Waals surface area contributed by atoms with Gasteiger partial charge in [0.15, 0.2) is 0 Å². The quantitative estimate of drug-likeness (QED) is 0.405. The van der Waals surface area contributed by atoms with Gasteiger partial charge in [0.2, 0.25) is 5.91 Å². The second kappa shape index (κ2) is 9.75. The van der Waals surface area contributed by atoms with Crippen LogP contribution in [0.1, 0.15) is 71.6 Å². The Morgan fingerprint density at radius 2 is 1.84 bits per heavy atom. The van der Waals surface area contributed by atoms with Crippen LogP contribution in [0.4, 0.5) is 0 Å². The molecule has 2 aromatic rings. The molecule has 5 fully saturated rings. The van der Waals surface area contributed by atoms with Crippen LogP contribution in [0.5, 0.6) is 0 Å². The zero-order valence-electron chi connectivity index (χ0n) is 21.7. The molecule has 4 saturated carbocycles. The first kappa shape index (κ1) is 24.8. The lowest BCUT2D eigenvalue weighted by atomic mass is 9.54. The molecular formula is C29H34N4O3S2. The first-order chi connectivity index (χ1) is 18.4. The standard InChI is InChI=1S/C29H34N4O3S2/c1-32-26(34)5-4-24(29(32)36)33-13-20-11-22(2-3-23(20)28(33)35)37-15-25-31-21(14-38-25)12-30-27-18-7-16-6-17(9-18)10-19(27)8-16/h2-3,11,14,16-19,24,27,30H,4-10,12-13,15H2,1H3. The molecule has 2 aliphatic heterocycles. The van der Waals surface area contributed by atoms with Crippen molar-refractivity contribution in [2.45, 2.75) is 80.8 Å². The fourth-order valence-corrected chi connectivity index (χ4v) is 9.74. The number of amides is 3. The normalized spacial score (nSPS) is 32.0. The van der Waals surface area contributed by atoms with Crippen molar-refractivity contribution in [3.63, 3.8) is 0 Å². The lowest BCUT2D eigenvalue weighted by Gasteiger charge is -2.54. The van der Waals surface area contributed by atoms with E-state index in [2.05, 4.69) is 16.8 Å². The molecule has 38 heavy (non-hydrogen) atoms. The Labute approximate surface area is 231 Å². The summed E-state index contributed by atoms with van der Waals surface area (Å²) in [6, 6.07) is 6.06. The minimum atomic E-state index is -0.560. The highest BCUT2D eigenvalue weighted by molar-refractivity contribution is 7.98. The Morgan fingerprint density at radius 3 is 2.61 bits per heavy atom. The number of aromatic nitrogens is 1. The SMILES string of the molecule is CN1C(=O)CCC(N2Cc3cc(SCc4nc(CNC5C6CC7CC(C6)CC5C7)cs4)ccc3C2=O)C1=O. The number of likely N-dealkylation sites (N-methyl/N-ethyl adjacent to an activating group) is 1. The molecule has 4 aliphatic carbocycles. The molecule has 0 spiro atoms. The third-order valence-corrected chi connectivity index (χ3v) is 11.7. The van der Waals surface area contributed by atoms with Crippen LogP contribution in [0.2, 0.25) is 0 Å². The fourth-order valence-electron chi connectivity index (χ4n) is 7.97. The van der Waals surface area contributed by atoms with Crippen LogP contribution in [-0.4, -0.2) is 51.6 Å². The monoisotopic (exact) mass is 550 g/mol. The highest BCUT2D eigenvalue weighted by Crippen LogP contribution is 2.53. The summed E-state index contributed by atoms with van der Waals surface area (Å²) in [5.74, 6) is 3.98. The van der Waals surface area contributed by atoms with E-state index < -0.39 is 6.04 Å². The van der Waals surface area contributed by atoms with Crippen molar-refractivity contribution < 1.29 is 14.4 Å². The lowest BCUT2D eigenvalue weighted by molar-refractivity contribution is -0.150. The summed E-state index contributed by atoms with van der Waals surface area (Å²) in [5, 5.41) is 7.21. The fraction of sp³-hybridized carbons (Fsp3) is 0.586. The predicted octanol–water partition coefficient (Wildman–Crippen LogP) is 4.45. The van der Waals surface area contributed by atoms with Gasteiger partial charge in [-0.2, -0.15) is 0 Å². The first-order valence-corrected chi connectivity index (χ1v) is 15.8. The molecular weight excluding hydrogens is 516 g/mol.